The van der Waals surface area contributed by atoms with E-state index in [1.54, 1.807) is 24.4 Å². The molecule has 2 amide bonds. The standard InChI is InChI=1S/C22H17ClN4O2S.C2HF3O2/c1-2-24-20(28)15-6-7-16(23)18(12-15)26-22-27-21(29)19(30-22)11-13-5-8-17-14(10-13)4-3-9-25-17;3-2(4,5)1(6)7/h3-12H,2H2,1H3,(H,24,28)(H,26,27,29);(H,6,7). The number of amides is 2. The minimum absolute atomic E-state index is 0.204. The van der Waals surface area contributed by atoms with Crippen LogP contribution < -0.4 is 10.6 Å². The number of hydrogen-bond acceptors (Lipinski definition) is 6. The van der Waals surface area contributed by atoms with Gasteiger partial charge in [0.15, 0.2) is 5.17 Å². The Morgan fingerprint density at radius 1 is 1.22 bits per heavy atom. The van der Waals surface area contributed by atoms with Crippen molar-refractivity contribution in [3.05, 3.63) is 75.8 Å². The predicted molar refractivity (Wildman–Crippen MR) is 136 cm³/mol. The third-order valence-corrected chi connectivity index (χ3v) is 5.82. The first-order valence-corrected chi connectivity index (χ1v) is 11.7. The molecule has 192 valence electrons. The molecule has 4 rings (SSSR count). The van der Waals surface area contributed by atoms with Crippen molar-refractivity contribution >= 4 is 69.0 Å². The number of alkyl halides is 3. The summed E-state index contributed by atoms with van der Waals surface area (Å²) in [5.74, 6) is -3.20. The molecule has 3 N–H and O–H groups in total. The van der Waals surface area contributed by atoms with Crippen LogP contribution in [0.15, 0.2) is 64.6 Å². The van der Waals surface area contributed by atoms with E-state index in [2.05, 4.69) is 20.6 Å². The van der Waals surface area contributed by atoms with Gasteiger partial charge in [-0.25, -0.2) is 9.79 Å². The highest BCUT2D eigenvalue weighted by molar-refractivity contribution is 8.18. The molecule has 1 fully saturated rings. The monoisotopic (exact) mass is 550 g/mol. The van der Waals surface area contributed by atoms with E-state index in [1.165, 1.54) is 11.8 Å². The first-order valence-electron chi connectivity index (χ1n) is 10.5. The minimum Gasteiger partial charge on any atom is -0.475 e. The van der Waals surface area contributed by atoms with Crippen molar-refractivity contribution in [3.63, 3.8) is 0 Å². The summed E-state index contributed by atoms with van der Waals surface area (Å²) in [7, 11) is 0. The fraction of sp³-hybridized carbons (Fsp3) is 0.125. The van der Waals surface area contributed by atoms with Gasteiger partial charge in [-0.2, -0.15) is 13.2 Å². The lowest BCUT2D eigenvalue weighted by molar-refractivity contribution is -0.192. The summed E-state index contributed by atoms with van der Waals surface area (Å²) >= 11 is 7.46. The summed E-state index contributed by atoms with van der Waals surface area (Å²) < 4.78 is 31.7. The van der Waals surface area contributed by atoms with Crippen LogP contribution in [-0.2, 0) is 9.59 Å². The molecular weight excluding hydrogens is 533 g/mol. The van der Waals surface area contributed by atoms with Crippen LogP contribution >= 0.6 is 23.4 Å². The van der Waals surface area contributed by atoms with E-state index in [0.29, 0.717) is 32.9 Å². The number of nitrogens with one attached hydrogen (secondary N) is 2. The number of rotatable bonds is 4. The van der Waals surface area contributed by atoms with Gasteiger partial charge in [-0.05, 0) is 66.7 Å². The fourth-order valence-electron chi connectivity index (χ4n) is 2.93. The smallest absolute Gasteiger partial charge is 0.475 e. The summed E-state index contributed by atoms with van der Waals surface area (Å²) in [6, 6.07) is 14.5. The van der Waals surface area contributed by atoms with Crippen molar-refractivity contribution in [3.8, 4) is 0 Å². The molecule has 0 aliphatic carbocycles. The van der Waals surface area contributed by atoms with Crippen molar-refractivity contribution in [1.82, 2.24) is 15.6 Å². The van der Waals surface area contributed by atoms with Crippen LogP contribution in [0.2, 0.25) is 5.02 Å². The minimum atomic E-state index is -5.08. The number of carbonyl (C=O) groups excluding carboxylic acids is 2. The quantitative estimate of drug-likeness (QED) is 0.386. The highest BCUT2D eigenvalue weighted by Gasteiger charge is 2.38. The number of pyridine rings is 1. The van der Waals surface area contributed by atoms with E-state index in [-0.39, 0.29) is 11.8 Å². The lowest BCUT2D eigenvalue weighted by Crippen LogP contribution is -2.22. The molecular formula is C24H18ClF3N4O4S. The van der Waals surface area contributed by atoms with E-state index in [9.17, 15) is 22.8 Å². The molecule has 1 aromatic heterocycles. The van der Waals surface area contributed by atoms with Crippen LogP contribution in [0, 0.1) is 0 Å². The summed E-state index contributed by atoms with van der Waals surface area (Å²) in [4.78, 5) is 42.6. The Labute approximate surface area is 217 Å². The van der Waals surface area contributed by atoms with Gasteiger partial charge in [0.2, 0.25) is 0 Å². The average Bonchev–Trinajstić information content (AvgIpc) is 3.18. The van der Waals surface area contributed by atoms with Gasteiger partial charge in [0.1, 0.15) is 0 Å². The molecule has 8 nitrogen and oxygen atoms in total. The molecule has 0 atom stereocenters. The van der Waals surface area contributed by atoms with Crippen LogP contribution in [0.3, 0.4) is 0 Å². The molecule has 2 aromatic carbocycles. The predicted octanol–water partition coefficient (Wildman–Crippen LogP) is 5.16. The van der Waals surface area contributed by atoms with E-state index in [4.69, 9.17) is 21.5 Å². The van der Waals surface area contributed by atoms with Gasteiger partial charge in [0.05, 0.1) is 21.1 Å². The number of amidine groups is 1. The van der Waals surface area contributed by atoms with E-state index >= 15 is 0 Å². The molecule has 3 aromatic rings. The van der Waals surface area contributed by atoms with Gasteiger partial charge in [-0.15, -0.1) is 0 Å². The first kappa shape index (κ1) is 27.7. The average molecular weight is 551 g/mol. The molecule has 1 aliphatic heterocycles. The number of halogens is 4. The summed E-state index contributed by atoms with van der Waals surface area (Å²) in [6.07, 6.45) is -1.53. The Hall–Kier alpha value is -3.90. The van der Waals surface area contributed by atoms with Gasteiger partial charge in [0.25, 0.3) is 11.8 Å². The molecule has 13 heteroatoms. The second-order valence-electron chi connectivity index (χ2n) is 7.27. The number of aromatic nitrogens is 1. The van der Waals surface area contributed by atoms with Crippen molar-refractivity contribution in [2.75, 3.05) is 6.54 Å². The number of hydrogen-bond donors (Lipinski definition) is 3. The van der Waals surface area contributed by atoms with Gasteiger partial charge in [-0.3, -0.25) is 14.6 Å². The van der Waals surface area contributed by atoms with Crippen molar-refractivity contribution in [2.24, 2.45) is 4.99 Å². The van der Waals surface area contributed by atoms with Crippen LogP contribution in [0.5, 0.6) is 0 Å². The van der Waals surface area contributed by atoms with Crippen LogP contribution in [-0.4, -0.2) is 45.8 Å². The van der Waals surface area contributed by atoms with E-state index < -0.39 is 12.1 Å². The number of benzene rings is 2. The SMILES string of the molecule is CCNC(=O)c1ccc(Cl)c(N=C2NC(=O)C(=Cc3ccc4ncccc4c3)S2)c1.O=C(O)C(F)(F)F. The molecule has 37 heavy (non-hydrogen) atoms. The normalized spacial score (nSPS) is 15.3. The van der Waals surface area contributed by atoms with Gasteiger partial charge in [0, 0.05) is 23.7 Å². The number of thioether (sulfide) groups is 1. The molecule has 0 unspecified atom stereocenters. The third kappa shape index (κ3) is 7.54. The molecule has 0 saturated carbocycles. The van der Waals surface area contributed by atoms with Crippen LogP contribution in [0.25, 0.3) is 17.0 Å². The highest BCUT2D eigenvalue weighted by Crippen LogP contribution is 2.32. The fourth-order valence-corrected chi connectivity index (χ4v) is 3.92. The second kappa shape index (κ2) is 11.9. The molecule has 0 bridgehead atoms. The zero-order valence-electron chi connectivity index (χ0n) is 19.0. The van der Waals surface area contributed by atoms with Crippen LogP contribution in [0.1, 0.15) is 22.8 Å². The number of carboxylic acids is 1. The molecule has 0 radical (unpaired) electrons. The van der Waals surface area contributed by atoms with Crippen LogP contribution in [0.4, 0.5) is 18.9 Å². The molecule has 1 aliphatic rings. The van der Waals surface area contributed by atoms with Crippen molar-refractivity contribution in [2.45, 2.75) is 13.1 Å². The molecule has 2 heterocycles. The maximum Gasteiger partial charge on any atom is 0.490 e. The van der Waals surface area contributed by atoms with Gasteiger partial charge in [-0.1, -0.05) is 23.7 Å². The zero-order valence-corrected chi connectivity index (χ0v) is 20.5. The number of carbonyl (C=O) groups is 3. The van der Waals surface area contributed by atoms with Gasteiger partial charge < -0.3 is 15.7 Å². The Morgan fingerprint density at radius 3 is 2.62 bits per heavy atom. The number of nitrogens with zero attached hydrogens (tertiary/aromatic N) is 2. The lowest BCUT2D eigenvalue weighted by atomic mass is 10.1. The summed E-state index contributed by atoms with van der Waals surface area (Å²) in [5.41, 5.74) is 2.66. The molecule has 0 spiro atoms. The van der Waals surface area contributed by atoms with Crippen molar-refractivity contribution < 1.29 is 32.7 Å². The molecule has 1 saturated heterocycles. The number of fused-ring (bicyclic) bond motifs is 1. The first-order chi connectivity index (χ1) is 17.5. The maximum atomic E-state index is 12.4. The maximum absolute atomic E-state index is 12.4. The lowest BCUT2D eigenvalue weighted by Gasteiger charge is -2.05. The summed E-state index contributed by atoms with van der Waals surface area (Å²) in [5, 5.41) is 14.4. The Kier molecular flexibility index (Phi) is 8.90. The number of aliphatic imine (C=N–C) groups is 1. The highest BCUT2D eigenvalue weighted by atomic mass is 35.5. The number of carboxylic acid groups (broad SMARTS) is 1. The number of aliphatic carboxylic acids is 1. The van der Waals surface area contributed by atoms with E-state index in [0.717, 1.165) is 16.5 Å². The topological polar surface area (TPSA) is 121 Å². The summed E-state index contributed by atoms with van der Waals surface area (Å²) in [6.45, 7) is 2.37. The second-order valence-corrected chi connectivity index (χ2v) is 8.70. The Morgan fingerprint density at radius 2 is 1.95 bits per heavy atom. The Balaban J connectivity index is 0.000000479. The Bertz CT molecular complexity index is 1430. The van der Waals surface area contributed by atoms with Gasteiger partial charge >= 0.3 is 12.1 Å². The third-order valence-electron chi connectivity index (χ3n) is 4.59. The van der Waals surface area contributed by atoms with E-state index in [1.807, 2.05) is 43.3 Å². The zero-order chi connectivity index (χ0) is 27.2. The largest absolute Gasteiger partial charge is 0.490 e. The van der Waals surface area contributed by atoms with Crippen molar-refractivity contribution in [1.29, 1.82) is 0 Å².